The number of aromatic amines is 1. The second kappa shape index (κ2) is 8.57. The molecule has 0 saturated heterocycles. The molecule has 0 amide bonds. The van der Waals surface area contributed by atoms with E-state index in [1.807, 2.05) is 0 Å². The smallest absolute Gasteiger partial charge is 0.349 e. The van der Waals surface area contributed by atoms with Gasteiger partial charge in [0.15, 0.2) is 11.6 Å². The summed E-state index contributed by atoms with van der Waals surface area (Å²) in [6, 6.07) is 0.240. The van der Waals surface area contributed by atoms with Crippen molar-refractivity contribution in [3.05, 3.63) is 35.2 Å². The standard InChI is InChI=1S/C19H16ClF6N5O/c1-9(14(32)3-4-18(21,22)23)31(2)17-13(19(24,25)26)8-29-16(30-17)12-7-28-15-11(12)5-10(20)6-27-15/h5-9H,3-4H2,1-2H3,(H,27,28)/t9-/m0/s1. The zero-order valence-electron chi connectivity index (χ0n) is 16.6. The van der Waals surface area contributed by atoms with Gasteiger partial charge in [0.2, 0.25) is 0 Å². The van der Waals surface area contributed by atoms with Crippen molar-refractivity contribution in [2.24, 2.45) is 0 Å². The summed E-state index contributed by atoms with van der Waals surface area (Å²) in [5.41, 5.74) is -0.511. The summed E-state index contributed by atoms with van der Waals surface area (Å²) in [7, 11) is 1.16. The molecule has 172 valence electrons. The lowest BCUT2D eigenvalue weighted by Gasteiger charge is -2.27. The molecule has 13 heteroatoms. The van der Waals surface area contributed by atoms with Gasteiger partial charge in [-0.05, 0) is 13.0 Å². The van der Waals surface area contributed by atoms with Crippen molar-refractivity contribution < 1.29 is 31.1 Å². The second-order valence-electron chi connectivity index (χ2n) is 7.05. The van der Waals surface area contributed by atoms with Gasteiger partial charge in [-0.15, -0.1) is 0 Å². The van der Waals surface area contributed by atoms with Crippen LogP contribution in [0.5, 0.6) is 0 Å². The summed E-state index contributed by atoms with van der Waals surface area (Å²) in [6.45, 7) is 1.22. The molecule has 3 aromatic rings. The molecule has 0 fully saturated rings. The number of hydrogen-bond donors (Lipinski definition) is 1. The molecule has 3 rings (SSSR count). The van der Waals surface area contributed by atoms with E-state index in [1.165, 1.54) is 25.4 Å². The Morgan fingerprint density at radius 2 is 1.88 bits per heavy atom. The molecule has 6 nitrogen and oxygen atoms in total. The number of nitrogens with zero attached hydrogens (tertiary/aromatic N) is 4. The predicted molar refractivity (Wildman–Crippen MR) is 105 cm³/mol. The minimum absolute atomic E-state index is 0.106. The average Bonchev–Trinajstić information content (AvgIpc) is 3.12. The Kier molecular flexibility index (Phi) is 6.36. The summed E-state index contributed by atoms with van der Waals surface area (Å²) in [6.07, 6.45) is -8.25. The number of fused-ring (bicyclic) bond motifs is 1. The molecule has 0 unspecified atom stereocenters. The monoisotopic (exact) mass is 479 g/mol. The summed E-state index contributed by atoms with van der Waals surface area (Å²) >= 11 is 5.95. The van der Waals surface area contributed by atoms with Crippen LogP contribution in [-0.4, -0.2) is 45.0 Å². The number of carbonyl (C=O) groups excluding carboxylic acids is 1. The highest BCUT2D eigenvalue weighted by Gasteiger charge is 2.38. The Morgan fingerprint density at radius 3 is 2.50 bits per heavy atom. The summed E-state index contributed by atoms with van der Waals surface area (Å²) in [4.78, 5) is 27.8. The van der Waals surface area contributed by atoms with E-state index in [-0.39, 0.29) is 10.8 Å². The van der Waals surface area contributed by atoms with E-state index in [0.717, 1.165) is 11.9 Å². The van der Waals surface area contributed by atoms with E-state index in [1.54, 1.807) is 0 Å². The topological polar surface area (TPSA) is 74.8 Å². The average molecular weight is 480 g/mol. The molecule has 0 spiro atoms. The molecule has 0 aliphatic rings. The number of pyridine rings is 1. The van der Waals surface area contributed by atoms with E-state index in [4.69, 9.17) is 11.6 Å². The van der Waals surface area contributed by atoms with Crippen LogP contribution in [0.1, 0.15) is 25.3 Å². The minimum Gasteiger partial charge on any atom is -0.349 e. The number of likely N-dealkylation sites (N-methyl/N-ethyl adjacent to an activating group) is 1. The molecule has 0 saturated carbocycles. The maximum Gasteiger partial charge on any atom is 0.421 e. The maximum absolute atomic E-state index is 13.6. The van der Waals surface area contributed by atoms with Gasteiger partial charge >= 0.3 is 12.4 Å². The Hall–Kier alpha value is -2.89. The number of H-pyrrole nitrogens is 1. The molecular formula is C19H16ClF6N5O. The molecule has 1 atom stereocenters. The molecular weight excluding hydrogens is 464 g/mol. The Labute approximate surface area is 182 Å². The van der Waals surface area contributed by atoms with Crippen LogP contribution in [0.4, 0.5) is 32.2 Å². The van der Waals surface area contributed by atoms with Crippen LogP contribution >= 0.6 is 11.6 Å². The van der Waals surface area contributed by atoms with Gasteiger partial charge in [0.05, 0.1) is 17.5 Å². The number of nitrogens with one attached hydrogen (secondary N) is 1. The number of ketones is 1. The molecule has 0 aliphatic carbocycles. The third-order valence-electron chi connectivity index (χ3n) is 4.85. The molecule has 0 aliphatic heterocycles. The Balaban J connectivity index is 2.03. The Bertz CT molecular complexity index is 1140. The fourth-order valence-electron chi connectivity index (χ4n) is 3.01. The predicted octanol–water partition coefficient (Wildman–Crippen LogP) is 5.43. The van der Waals surface area contributed by atoms with E-state index >= 15 is 0 Å². The SMILES string of the molecule is C[C@@H](C(=O)CCC(F)(F)F)N(C)c1nc(-c2c[nH]c3ncc(Cl)cc23)ncc1C(F)(F)F. The number of halogens is 7. The summed E-state index contributed by atoms with van der Waals surface area (Å²) in [5.74, 6) is -1.62. The largest absolute Gasteiger partial charge is 0.421 e. The van der Waals surface area contributed by atoms with Crippen LogP contribution in [0, 0.1) is 0 Å². The van der Waals surface area contributed by atoms with Gasteiger partial charge in [-0.1, -0.05) is 11.6 Å². The number of carbonyl (C=O) groups is 1. The molecule has 0 radical (unpaired) electrons. The van der Waals surface area contributed by atoms with Crippen LogP contribution in [0.3, 0.4) is 0 Å². The van der Waals surface area contributed by atoms with Crippen LogP contribution in [0.15, 0.2) is 24.7 Å². The minimum atomic E-state index is -4.86. The number of hydrogen-bond acceptors (Lipinski definition) is 5. The first-order valence-corrected chi connectivity index (χ1v) is 9.55. The first-order chi connectivity index (χ1) is 14.8. The number of alkyl halides is 6. The van der Waals surface area contributed by atoms with E-state index < -0.39 is 48.4 Å². The van der Waals surface area contributed by atoms with Gasteiger partial charge < -0.3 is 9.88 Å². The molecule has 0 bridgehead atoms. The van der Waals surface area contributed by atoms with Gasteiger partial charge in [-0.25, -0.2) is 15.0 Å². The van der Waals surface area contributed by atoms with Crippen molar-refractivity contribution in [2.45, 2.75) is 38.2 Å². The van der Waals surface area contributed by atoms with Gasteiger partial charge in [0.25, 0.3) is 0 Å². The van der Waals surface area contributed by atoms with E-state index in [9.17, 15) is 31.1 Å². The number of Topliss-reactive ketones (excluding diaryl/α,β-unsaturated/α-hetero) is 1. The molecule has 3 aromatic heterocycles. The number of aromatic nitrogens is 4. The van der Waals surface area contributed by atoms with Crippen molar-refractivity contribution in [3.8, 4) is 11.4 Å². The highest BCUT2D eigenvalue weighted by Crippen LogP contribution is 2.37. The Morgan fingerprint density at radius 1 is 1.19 bits per heavy atom. The lowest BCUT2D eigenvalue weighted by Crippen LogP contribution is -2.38. The fourth-order valence-corrected chi connectivity index (χ4v) is 3.17. The van der Waals surface area contributed by atoms with Crippen molar-refractivity contribution in [1.29, 1.82) is 0 Å². The molecule has 0 aromatic carbocycles. The fraction of sp³-hybridized carbons (Fsp3) is 0.368. The van der Waals surface area contributed by atoms with Crippen molar-refractivity contribution in [2.75, 3.05) is 11.9 Å². The van der Waals surface area contributed by atoms with Crippen LogP contribution < -0.4 is 4.90 Å². The van der Waals surface area contributed by atoms with Crippen LogP contribution in [0.2, 0.25) is 5.02 Å². The lowest BCUT2D eigenvalue weighted by molar-refractivity contribution is -0.143. The first-order valence-electron chi connectivity index (χ1n) is 9.17. The zero-order valence-corrected chi connectivity index (χ0v) is 17.4. The van der Waals surface area contributed by atoms with Gasteiger partial charge in [0.1, 0.15) is 17.0 Å². The van der Waals surface area contributed by atoms with Crippen molar-refractivity contribution >= 4 is 34.2 Å². The van der Waals surface area contributed by atoms with Gasteiger partial charge in [0, 0.05) is 43.0 Å². The van der Waals surface area contributed by atoms with E-state index in [2.05, 4.69) is 19.9 Å². The van der Waals surface area contributed by atoms with Crippen LogP contribution in [-0.2, 0) is 11.0 Å². The van der Waals surface area contributed by atoms with Crippen molar-refractivity contribution in [1.82, 2.24) is 19.9 Å². The number of rotatable bonds is 6. The first kappa shape index (κ1) is 23.8. The highest BCUT2D eigenvalue weighted by atomic mass is 35.5. The van der Waals surface area contributed by atoms with E-state index in [0.29, 0.717) is 22.8 Å². The summed E-state index contributed by atoms with van der Waals surface area (Å²) in [5, 5.41) is 0.742. The zero-order chi connectivity index (χ0) is 23.8. The maximum atomic E-state index is 13.6. The third kappa shape index (κ3) is 5.12. The lowest BCUT2D eigenvalue weighted by atomic mass is 10.1. The van der Waals surface area contributed by atoms with Crippen molar-refractivity contribution in [3.63, 3.8) is 0 Å². The van der Waals surface area contributed by atoms with Gasteiger partial charge in [-0.3, -0.25) is 4.79 Å². The molecule has 1 N–H and O–H groups in total. The highest BCUT2D eigenvalue weighted by molar-refractivity contribution is 6.31. The quantitative estimate of drug-likeness (QED) is 0.477. The van der Waals surface area contributed by atoms with Gasteiger partial charge in [-0.2, -0.15) is 26.3 Å². The third-order valence-corrected chi connectivity index (χ3v) is 5.06. The number of anilines is 1. The normalized spacial score (nSPS) is 13.4. The molecule has 3 heterocycles. The van der Waals surface area contributed by atoms with Crippen LogP contribution in [0.25, 0.3) is 22.4 Å². The molecule has 32 heavy (non-hydrogen) atoms. The summed E-state index contributed by atoms with van der Waals surface area (Å²) < 4.78 is 78.1. The second-order valence-corrected chi connectivity index (χ2v) is 7.49.